The van der Waals surface area contributed by atoms with E-state index in [1.807, 2.05) is 17.0 Å². The van der Waals surface area contributed by atoms with Crippen molar-refractivity contribution in [3.8, 4) is 11.5 Å². The zero-order valence-electron chi connectivity index (χ0n) is 19.7. The van der Waals surface area contributed by atoms with Crippen LogP contribution in [0.15, 0.2) is 18.2 Å². The number of morpholine rings is 1. The summed E-state index contributed by atoms with van der Waals surface area (Å²) in [5.74, 6) is 2.14. The lowest BCUT2D eigenvalue weighted by Crippen LogP contribution is -2.41. The summed E-state index contributed by atoms with van der Waals surface area (Å²) >= 11 is 0. The molecule has 2 aromatic rings. The summed E-state index contributed by atoms with van der Waals surface area (Å²) in [6.07, 6.45) is 1.28. The minimum absolute atomic E-state index is 0.00452. The first-order chi connectivity index (χ1) is 16.1. The largest absolute Gasteiger partial charge is 0.493 e. The maximum atomic E-state index is 13.2. The summed E-state index contributed by atoms with van der Waals surface area (Å²) < 4.78 is 27.5. The van der Waals surface area contributed by atoms with Crippen LogP contribution in [-0.4, -0.2) is 89.3 Å². The molecule has 33 heavy (non-hydrogen) atoms. The number of anilines is 1. The van der Waals surface area contributed by atoms with Crippen LogP contribution in [0, 0.1) is 0 Å². The highest BCUT2D eigenvalue weighted by atomic mass is 16.5. The quantitative estimate of drug-likeness (QED) is 0.565. The number of hydrogen-bond acceptors (Lipinski definition) is 8. The van der Waals surface area contributed by atoms with Crippen molar-refractivity contribution in [2.24, 2.45) is 0 Å². The highest BCUT2D eigenvalue weighted by Gasteiger charge is 2.29. The van der Waals surface area contributed by atoms with Crippen molar-refractivity contribution in [1.29, 1.82) is 0 Å². The third-order valence-corrected chi connectivity index (χ3v) is 6.13. The second kappa shape index (κ2) is 11.0. The Morgan fingerprint density at radius 2 is 1.88 bits per heavy atom. The number of rotatable bonds is 9. The molecule has 2 aliphatic rings. The normalized spacial score (nSPS) is 18.5. The molecule has 0 spiro atoms. The van der Waals surface area contributed by atoms with Gasteiger partial charge < -0.3 is 33.5 Å². The van der Waals surface area contributed by atoms with E-state index in [0.29, 0.717) is 51.0 Å². The second-order valence-electron chi connectivity index (χ2n) is 8.22. The Morgan fingerprint density at radius 1 is 1.12 bits per heavy atom. The number of methoxy groups -OCH3 is 3. The van der Waals surface area contributed by atoms with Gasteiger partial charge in [-0.2, -0.15) is 0 Å². The fraction of sp³-hybridized carbons (Fsp3) is 0.583. The van der Waals surface area contributed by atoms with Crippen LogP contribution in [-0.2, 0) is 25.5 Å². The summed E-state index contributed by atoms with van der Waals surface area (Å²) in [4.78, 5) is 22.3. The zero-order valence-corrected chi connectivity index (χ0v) is 19.7. The van der Waals surface area contributed by atoms with Crippen LogP contribution in [0.25, 0.3) is 10.9 Å². The van der Waals surface area contributed by atoms with Crippen molar-refractivity contribution in [2.75, 3.05) is 72.3 Å². The van der Waals surface area contributed by atoms with E-state index in [-0.39, 0.29) is 12.0 Å². The number of amides is 1. The van der Waals surface area contributed by atoms with E-state index in [2.05, 4.69) is 11.0 Å². The lowest BCUT2D eigenvalue weighted by atomic mass is 10.1. The number of benzene rings is 1. The van der Waals surface area contributed by atoms with Gasteiger partial charge in [0.2, 0.25) is 0 Å². The molecule has 1 aromatic carbocycles. The molecule has 180 valence electrons. The summed E-state index contributed by atoms with van der Waals surface area (Å²) in [7, 11) is 4.88. The molecule has 9 nitrogen and oxygen atoms in total. The Labute approximate surface area is 194 Å². The van der Waals surface area contributed by atoms with Crippen LogP contribution < -0.4 is 14.4 Å². The van der Waals surface area contributed by atoms with E-state index in [9.17, 15) is 4.79 Å². The molecular formula is C24H33N3O6. The summed E-state index contributed by atoms with van der Waals surface area (Å²) in [5, 5.41) is 0.927. The number of aromatic nitrogens is 1. The van der Waals surface area contributed by atoms with Crippen molar-refractivity contribution >= 4 is 22.6 Å². The Morgan fingerprint density at radius 3 is 2.55 bits per heavy atom. The molecule has 1 aromatic heterocycles. The average Bonchev–Trinajstić information content (AvgIpc) is 3.40. The van der Waals surface area contributed by atoms with Gasteiger partial charge >= 0.3 is 0 Å². The standard InChI is InChI=1S/C24H33N3O6/c1-29-10-6-27(24(28)20-5-4-9-33-20)16-18-13-17-14-21(30-2)22(31-3)15-19(17)25-23(18)26-7-11-32-12-8-26/h13-15,20H,4-12,16H2,1-3H3. The van der Waals surface area contributed by atoms with Crippen molar-refractivity contribution in [2.45, 2.75) is 25.5 Å². The molecule has 1 atom stereocenters. The van der Waals surface area contributed by atoms with Gasteiger partial charge in [0, 0.05) is 56.9 Å². The van der Waals surface area contributed by atoms with Gasteiger partial charge in [-0.1, -0.05) is 0 Å². The Balaban J connectivity index is 1.73. The summed E-state index contributed by atoms with van der Waals surface area (Å²) in [6.45, 7) is 4.78. The number of carbonyl (C=O) groups excluding carboxylic acids is 1. The molecule has 2 aliphatic heterocycles. The smallest absolute Gasteiger partial charge is 0.252 e. The predicted molar refractivity (Wildman–Crippen MR) is 124 cm³/mol. The van der Waals surface area contributed by atoms with E-state index in [1.54, 1.807) is 21.3 Å². The Bertz CT molecular complexity index is 957. The molecule has 0 aliphatic carbocycles. The monoisotopic (exact) mass is 459 g/mol. The molecule has 3 heterocycles. The van der Waals surface area contributed by atoms with Crippen LogP contribution in [0.5, 0.6) is 11.5 Å². The van der Waals surface area contributed by atoms with E-state index < -0.39 is 0 Å². The zero-order chi connectivity index (χ0) is 23.2. The molecular weight excluding hydrogens is 426 g/mol. The molecule has 1 unspecified atom stereocenters. The van der Waals surface area contributed by atoms with Gasteiger partial charge in [0.25, 0.3) is 5.91 Å². The van der Waals surface area contributed by atoms with E-state index >= 15 is 0 Å². The van der Waals surface area contributed by atoms with Gasteiger partial charge in [0.05, 0.1) is 39.6 Å². The van der Waals surface area contributed by atoms with Crippen LogP contribution in [0.4, 0.5) is 5.82 Å². The molecule has 2 fully saturated rings. The maximum absolute atomic E-state index is 13.2. The lowest BCUT2D eigenvalue weighted by Gasteiger charge is -2.32. The molecule has 0 N–H and O–H groups in total. The third-order valence-electron chi connectivity index (χ3n) is 6.13. The summed E-state index contributed by atoms with van der Waals surface area (Å²) in [6, 6.07) is 5.91. The second-order valence-corrected chi connectivity index (χ2v) is 8.22. The molecule has 0 radical (unpaired) electrons. The van der Waals surface area contributed by atoms with Gasteiger partial charge in [-0.15, -0.1) is 0 Å². The van der Waals surface area contributed by atoms with E-state index in [4.69, 9.17) is 28.7 Å². The number of hydrogen-bond donors (Lipinski definition) is 0. The SMILES string of the molecule is COCCN(Cc1cc2cc(OC)c(OC)cc2nc1N1CCOCC1)C(=O)C1CCCO1. The molecule has 0 saturated carbocycles. The first-order valence-electron chi connectivity index (χ1n) is 11.4. The van der Waals surface area contributed by atoms with Gasteiger partial charge in [0.15, 0.2) is 11.5 Å². The molecule has 9 heteroatoms. The van der Waals surface area contributed by atoms with Crippen LogP contribution in [0.3, 0.4) is 0 Å². The minimum atomic E-state index is -0.383. The van der Waals surface area contributed by atoms with Crippen LogP contribution in [0.2, 0.25) is 0 Å². The topological polar surface area (TPSA) is 82.6 Å². The van der Waals surface area contributed by atoms with Crippen molar-refractivity contribution in [1.82, 2.24) is 9.88 Å². The Hall–Kier alpha value is -2.62. The number of ether oxygens (including phenoxy) is 5. The van der Waals surface area contributed by atoms with Crippen molar-refractivity contribution in [3.63, 3.8) is 0 Å². The third kappa shape index (κ3) is 5.31. The highest BCUT2D eigenvalue weighted by Crippen LogP contribution is 2.34. The van der Waals surface area contributed by atoms with Crippen molar-refractivity contribution in [3.05, 3.63) is 23.8 Å². The van der Waals surface area contributed by atoms with Gasteiger partial charge in [0.1, 0.15) is 11.9 Å². The van der Waals surface area contributed by atoms with Crippen LogP contribution in [0.1, 0.15) is 18.4 Å². The molecule has 2 saturated heterocycles. The van der Waals surface area contributed by atoms with E-state index in [1.165, 1.54) is 0 Å². The first-order valence-corrected chi connectivity index (χ1v) is 11.4. The fourth-order valence-corrected chi connectivity index (χ4v) is 4.35. The number of fused-ring (bicyclic) bond motifs is 1. The molecule has 0 bridgehead atoms. The number of nitrogens with zero attached hydrogens (tertiary/aromatic N) is 3. The van der Waals surface area contributed by atoms with Crippen LogP contribution >= 0.6 is 0 Å². The maximum Gasteiger partial charge on any atom is 0.252 e. The Kier molecular flexibility index (Phi) is 7.85. The summed E-state index contributed by atoms with van der Waals surface area (Å²) in [5.41, 5.74) is 1.78. The van der Waals surface area contributed by atoms with Crippen molar-refractivity contribution < 1.29 is 28.5 Å². The van der Waals surface area contributed by atoms with Gasteiger partial charge in [-0.05, 0) is 25.0 Å². The highest BCUT2D eigenvalue weighted by molar-refractivity contribution is 5.86. The fourth-order valence-electron chi connectivity index (χ4n) is 4.35. The van der Waals surface area contributed by atoms with Gasteiger partial charge in [-0.25, -0.2) is 4.98 Å². The first kappa shape index (κ1) is 23.5. The predicted octanol–water partition coefficient (Wildman–Crippen LogP) is 2.24. The van der Waals surface area contributed by atoms with E-state index in [0.717, 1.165) is 48.2 Å². The average molecular weight is 460 g/mol. The number of carbonyl (C=O) groups is 1. The molecule has 4 rings (SSSR count). The van der Waals surface area contributed by atoms with Gasteiger partial charge in [-0.3, -0.25) is 4.79 Å². The lowest BCUT2D eigenvalue weighted by molar-refractivity contribution is -0.142. The number of pyridine rings is 1. The molecule has 1 amide bonds. The minimum Gasteiger partial charge on any atom is -0.493 e.